The van der Waals surface area contributed by atoms with Crippen LogP contribution in [0.5, 0.6) is 0 Å². The van der Waals surface area contributed by atoms with Crippen LogP contribution in [0.3, 0.4) is 0 Å². The number of carbonyl (C=O) groups is 1. The number of likely N-dealkylation sites (tertiary alicyclic amines) is 1. The lowest BCUT2D eigenvalue weighted by Crippen LogP contribution is -2.62. The minimum Gasteiger partial charge on any atom is -0.480 e. The zero-order valence-electron chi connectivity index (χ0n) is 9.47. The highest BCUT2D eigenvalue weighted by molar-refractivity contribution is 7.90. The van der Waals surface area contributed by atoms with Crippen molar-refractivity contribution >= 4 is 15.8 Å². The third kappa shape index (κ3) is 4.46. The van der Waals surface area contributed by atoms with Gasteiger partial charge in [-0.1, -0.05) is 0 Å². The van der Waals surface area contributed by atoms with Crippen LogP contribution < -0.4 is 0 Å². The fourth-order valence-corrected chi connectivity index (χ4v) is 2.27. The van der Waals surface area contributed by atoms with Gasteiger partial charge in [-0.05, 0) is 6.92 Å². The second-order valence-corrected chi connectivity index (χ2v) is 6.73. The zero-order chi connectivity index (χ0) is 12.4. The fraction of sp³-hybridized carbons (Fsp3) is 0.889. The monoisotopic (exact) mass is 251 g/mol. The lowest BCUT2D eigenvalue weighted by Gasteiger charge is -2.47. The van der Waals surface area contributed by atoms with E-state index in [4.69, 9.17) is 9.84 Å². The molecule has 1 heterocycles. The second-order valence-electron chi connectivity index (χ2n) is 4.47. The maximum Gasteiger partial charge on any atom is 0.329 e. The summed E-state index contributed by atoms with van der Waals surface area (Å²) in [5.74, 6) is -0.863. The van der Waals surface area contributed by atoms with Crippen molar-refractivity contribution in [2.45, 2.75) is 12.5 Å². The molecule has 0 radical (unpaired) electrons. The maximum atomic E-state index is 10.9. The molecule has 1 aliphatic heterocycles. The minimum atomic E-state index is -2.93. The van der Waals surface area contributed by atoms with Crippen molar-refractivity contribution in [2.24, 2.45) is 0 Å². The lowest BCUT2D eigenvalue weighted by molar-refractivity contribution is -0.164. The van der Waals surface area contributed by atoms with Crippen LogP contribution in [0.1, 0.15) is 6.92 Å². The summed E-state index contributed by atoms with van der Waals surface area (Å²) in [4.78, 5) is 12.2. The van der Waals surface area contributed by atoms with E-state index in [0.717, 1.165) is 0 Å². The van der Waals surface area contributed by atoms with Gasteiger partial charge in [0.25, 0.3) is 0 Å². The Morgan fingerprint density at radius 3 is 2.50 bits per heavy atom. The summed E-state index contributed by atoms with van der Waals surface area (Å²) in [6.07, 6.45) is 1.20. The maximum absolute atomic E-state index is 10.9. The van der Waals surface area contributed by atoms with Crippen LogP contribution >= 0.6 is 0 Å². The highest BCUT2D eigenvalue weighted by Crippen LogP contribution is 2.24. The van der Waals surface area contributed by atoms with Crippen LogP contribution in [0.15, 0.2) is 0 Å². The van der Waals surface area contributed by atoms with Gasteiger partial charge in [0.15, 0.2) is 0 Å². The van der Waals surface area contributed by atoms with Crippen molar-refractivity contribution in [3.63, 3.8) is 0 Å². The van der Waals surface area contributed by atoms with Gasteiger partial charge >= 0.3 is 5.97 Å². The van der Waals surface area contributed by atoms with Gasteiger partial charge in [0.05, 0.1) is 11.4 Å². The number of sulfone groups is 1. The smallest absolute Gasteiger partial charge is 0.329 e. The van der Waals surface area contributed by atoms with E-state index in [2.05, 4.69) is 0 Å². The molecule has 0 aromatic carbocycles. The zero-order valence-corrected chi connectivity index (χ0v) is 10.3. The van der Waals surface area contributed by atoms with E-state index in [-0.39, 0.29) is 12.4 Å². The predicted molar refractivity (Wildman–Crippen MR) is 58.1 cm³/mol. The summed E-state index contributed by atoms with van der Waals surface area (Å²) in [5, 5.41) is 8.45. The van der Waals surface area contributed by atoms with Crippen LogP contribution in [0.25, 0.3) is 0 Å². The number of nitrogens with zero attached hydrogens (tertiary/aromatic N) is 1. The standard InChI is InChI=1S/C9H17NO5S/c1-9(15-5-8(11)12)6-10(7-9)3-4-16(2,13)14/h3-7H2,1-2H3,(H,11,12). The van der Waals surface area contributed by atoms with E-state index in [9.17, 15) is 13.2 Å². The van der Waals surface area contributed by atoms with E-state index in [1.807, 2.05) is 11.8 Å². The lowest BCUT2D eigenvalue weighted by atomic mass is 9.97. The molecule has 1 saturated heterocycles. The molecular formula is C9H17NO5S. The molecule has 1 aliphatic rings. The predicted octanol–water partition coefficient (Wildman–Crippen LogP) is -0.793. The molecule has 0 bridgehead atoms. The summed E-state index contributed by atoms with van der Waals surface area (Å²) in [6.45, 7) is 3.15. The quantitative estimate of drug-likeness (QED) is 0.666. The summed E-state index contributed by atoms with van der Waals surface area (Å²) < 4.78 is 27.0. The van der Waals surface area contributed by atoms with Crippen molar-refractivity contribution in [3.05, 3.63) is 0 Å². The first-order chi connectivity index (χ1) is 7.20. The number of hydrogen-bond acceptors (Lipinski definition) is 5. The summed E-state index contributed by atoms with van der Waals surface area (Å²) in [6, 6.07) is 0. The Morgan fingerprint density at radius 2 is 2.06 bits per heavy atom. The minimum absolute atomic E-state index is 0.127. The van der Waals surface area contributed by atoms with Crippen molar-refractivity contribution in [2.75, 3.05) is 38.2 Å². The Morgan fingerprint density at radius 1 is 1.50 bits per heavy atom. The van der Waals surface area contributed by atoms with E-state index in [1.165, 1.54) is 6.26 Å². The number of carboxylic acids is 1. The molecule has 0 unspecified atom stereocenters. The Labute approximate surface area is 95.1 Å². The molecule has 0 amide bonds. The summed E-state index contributed by atoms with van der Waals surface area (Å²) in [5.41, 5.74) is -0.449. The van der Waals surface area contributed by atoms with Crippen LogP contribution in [0.2, 0.25) is 0 Å². The molecule has 16 heavy (non-hydrogen) atoms. The van der Waals surface area contributed by atoms with Gasteiger partial charge in [-0.15, -0.1) is 0 Å². The molecule has 0 aromatic heterocycles. The van der Waals surface area contributed by atoms with Crippen molar-refractivity contribution in [1.82, 2.24) is 4.90 Å². The fourth-order valence-electron chi connectivity index (χ4n) is 1.68. The SMILES string of the molecule is CC1(OCC(=O)O)CN(CCS(C)(=O)=O)C1. The average Bonchev–Trinajstić information content (AvgIpc) is 2.06. The molecule has 6 nitrogen and oxygen atoms in total. The molecular weight excluding hydrogens is 234 g/mol. The highest BCUT2D eigenvalue weighted by atomic mass is 32.2. The Hall–Kier alpha value is -0.660. The molecule has 0 spiro atoms. The van der Waals surface area contributed by atoms with Gasteiger partial charge in [0, 0.05) is 25.9 Å². The molecule has 0 saturated carbocycles. The first-order valence-corrected chi connectivity index (χ1v) is 7.02. The van der Waals surface area contributed by atoms with Crippen molar-refractivity contribution in [3.8, 4) is 0 Å². The summed E-state index contributed by atoms with van der Waals surface area (Å²) in [7, 11) is -2.93. The van der Waals surface area contributed by atoms with E-state index < -0.39 is 21.4 Å². The number of carboxylic acid groups (broad SMARTS) is 1. The van der Waals surface area contributed by atoms with Crippen molar-refractivity contribution < 1.29 is 23.1 Å². The first kappa shape index (κ1) is 13.4. The normalized spacial score (nSPS) is 20.4. The van der Waals surface area contributed by atoms with Gasteiger partial charge < -0.3 is 9.84 Å². The number of rotatable bonds is 6. The molecule has 0 atom stereocenters. The van der Waals surface area contributed by atoms with Gasteiger partial charge in [0.2, 0.25) is 0 Å². The topological polar surface area (TPSA) is 83.9 Å². The molecule has 94 valence electrons. The molecule has 1 fully saturated rings. The van der Waals surface area contributed by atoms with Gasteiger partial charge in [-0.2, -0.15) is 0 Å². The van der Waals surface area contributed by atoms with E-state index >= 15 is 0 Å². The molecule has 7 heteroatoms. The third-order valence-corrected chi connectivity index (χ3v) is 3.36. The Kier molecular flexibility index (Phi) is 3.92. The Bertz CT molecular complexity index is 358. The van der Waals surface area contributed by atoms with Crippen LogP contribution in [0.4, 0.5) is 0 Å². The molecule has 0 aliphatic carbocycles. The average molecular weight is 251 g/mol. The number of hydrogen-bond donors (Lipinski definition) is 1. The van der Waals surface area contributed by atoms with Gasteiger partial charge in [0.1, 0.15) is 16.4 Å². The van der Waals surface area contributed by atoms with Crippen LogP contribution in [-0.2, 0) is 19.4 Å². The van der Waals surface area contributed by atoms with Gasteiger partial charge in [-0.25, -0.2) is 13.2 Å². The third-order valence-electron chi connectivity index (χ3n) is 2.44. The van der Waals surface area contributed by atoms with Crippen LogP contribution in [0, 0.1) is 0 Å². The Balaban J connectivity index is 2.23. The molecule has 1 rings (SSSR count). The molecule has 1 N–H and O–H groups in total. The number of aliphatic carboxylic acids is 1. The van der Waals surface area contributed by atoms with Crippen molar-refractivity contribution in [1.29, 1.82) is 0 Å². The summed E-state index contributed by atoms with van der Waals surface area (Å²) >= 11 is 0. The highest BCUT2D eigenvalue weighted by Gasteiger charge is 2.39. The second kappa shape index (κ2) is 4.68. The van der Waals surface area contributed by atoms with Crippen LogP contribution in [-0.4, -0.2) is 68.2 Å². The largest absolute Gasteiger partial charge is 0.480 e. The van der Waals surface area contributed by atoms with Gasteiger partial charge in [-0.3, -0.25) is 4.90 Å². The molecule has 0 aromatic rings. The first-order valence-electron chi connectivity index (χ1n) is 4.96. The number of ether oxygens (including phenoxy) is 1. The van der Waals surface area contributed by atoms with E-state index in [0.29, 0.717) is 19.6 Å². The van der Waals surface area contributed by atoms with E-state index in [1.54, 1.807) is 0 Å².